The van der Waals surface area contributed by atoms with Crippen LogP contribution in [-0.2, 0) is 9.53 Å². The number of nitrogens with one attached hydrogen (secondary N) is 1. The second-order valence-corrected chi connectivity index (χ2v) is 4.58. The zero-order valence-electron chi connectivity index (χ0n) is 9.37. The summed E-state index contributed by atoms with van der Waals surface area (Å²) in [5.41, 5.74) is 0. The molecule has 0 aromatic heterocycles. The fraction of sp³-hybridized carbons (Fsp3) is 0.909. The highest BCUT2D eigenvalue weighted by Gasteiger charge is 2.31. The molecule has 2 atom stereocenters. The molecule has 0 radical (unpaired) electrons. The van der Waals surface area contributed by atoms with Crippen molar-refractivity contribution < 1.29 is 9.53 Å². The van der Waals surface area contributed by atoms with Gasteiger partial charge in [0, 0.05) is 32.7 Å². The van der Waals surface area contributed by atoms with Crippen molar-refractivity contribution in [3.05, 3.63) is 0 Å². The summed E-state index contributed by atoms with van der Waals surface area (Å²) in [4.78, 5) is 14.1. The van der Waals surface area contributed by atoms with Gasteiger partial charge in [0.2, 0.25) is 5.91 Å². The maximum atomic E-state index is 12.0. The van der Waals surface area contributed by atoms with Gasteiger partial charge in [0.25, 0.3) is 0 Å². The van der Waals surface area contributed by atoms with Gasteiger partial charge in [-0.05, 0) is 19.4 Å². The summed E-state index contributed by atoms with van der Waals surface area (Å²) in [6.07, 6.45) is 2.10. The van der Waals surface area contributed by atoms with E-state index in [-0.39, 0.29) is 5.92 Å². The molecule has 0 aliphatic carbocycles. The number of ether oxygens (including phenoxy) is 1. The minimum Gasteiger partial charge on any atom is -0.384 e. The first-order valence-electron chi connectivity index (χ1n) is 5.79. The molecule has 0 unspecified atom stereocenters. The lowest BCUT2D eigenvalue weighted by atomic mass is 10.1. The first-order chi connectivity index (χ1) is 7.31. The van der Waals surface area contributed by atoms with Crippen molar-refractivity contribution in [1.29, 1.82) is 0 Å². The molecule has 1 N–H and O–H groups in total. The molecule has 2 rings (SSSR count). The highest BCUT2D eigenvalue weighted by atomic mass is 16.5. The van der Waals surface area contributed by atoms with E-state index in [9.17, 15) is 4.79 Å². The lowest BCUT2D eigenvalue weighted by Gasteiger charge is -2.20. The zero-order chi connectivity index (χ0) is 10.7. The Hall–Kier alpha value is -0.610. The van der Waals surface area contributed by atoms with E-state index in [1.54, 1.807) is 7.11 Å². The Morgan fingerprint density at radius 3 is 3.07 bits per heavy atom. The predicted molar refractivity (Wildman–Crippen MR) is 57.5 cm³/mol. The molecule has 0 saturated carbocycles. The lowest BCUT2D eigenvalue weighted by Crippen LogP contribution is -2.35. The standard InChI is InChI=1S/C11H20N2O2/c1-15-8-9-3-5-13(7-9)11(14)10-2-4-12-6-10/h9-10,12H,2-8H2,1H3/t9-,10-/m1/s1. The van der Waals surface area contributed by atoms with Crippen molar-refractivity contribution in [3.63, 3.8) is 0 Å². The first-order valence-corrected chi connectivity index (χ1v) is 5.79. The number of carbonyl (C=O) groups excluding carboxylic acids is 1. The maximum absolute atomic E-state index is 12.0. The molecule has 2 saturated heterocycles. The molecule has 2 heterocycles. The van der Waals surface area contributed by atoms with Gasteiger partial charge in [-0.1, -0.05) is 0 Å². The Labute approximate surface area is 91.0 Å². The van der Waals surface area contributed by atoms with Gasteiger partial charge in [-0.3, -0.25) is 4.79 Å². The van der Waals surface area contributed by atoms with Crippen molar-refractivity contribution >= 4 is 5.91 Å². The van der Waals surface area contributed by atoms with Gasteiger partial charge in [0.15, 0.2) is 0 Å². The fourth-order valence-electron chi connectivity index (χ4n) is 2.53. The third-order valence-corrected chi connectivity index (χ3v) is 3.41. The molecule has 2 fully saturated rings. The molecular weight excluding hydrogens is 192 g/mol. The Morgan fingerprint density at radius 2 is 2.40 bits per heavy atom. The van der Waals surface area contributed by atoms with Gasteiger partial charge >= 0.3 is 0 Å². The summed E-state index contributed by atoms with van der Waals surface area (Å²) in [5.74, 6) is 1.12. The van der Waals surface area contributed by atoms with Gasteiger partial charge in [0.1, 0.15) is 0 Å². The van der Waals surface area contributed by atoms with Crippen molar-refractivity contribution in [2.24, 2.45) is 11.8 Å². The van der Waals surface area contributed by atoms with Crippen LogP contribution in [0, 0.1) is 11.8 Å². The minimum absolute atomic E-state index is 0.228. The Kier molecular flexibility index (Phi) is 3.59. The molecule has 0 aromatic rings. The third kappa shape index (κ3) is 2.49. The molecule has 4 nitrogen and oxygen atoms in total. The highest BCUT2D eigenvalue weighted by molar-refractivity contribution is 5.79. The summed E-state index contributed by atoms with van der Waals surface area (Å²) < 4.78 is 5.13. The van der Waals surface area contributed by atoms with Gasteiger partial charge in [-0.15, -0.1) is 0 Å². The van der Waals surface area contributed by atoms with Gasteiger partial charge < -0.3 is 15.0 Å². The summed E-state index contributed by atoms with van der Waals surface area (Å²) in [6, 6.07) is 0. The van der Waals surface area contributed by atoms with Crippen LogP contribution in [0.5, 0.6) is 0 Å². The Bertz CT molecular complexity index is 227. The zero-order valence-corrected chi connectivity index (χ0v) is 9.37. The van der Waals surface area contributed by atoms with Crippen LogP contribution in [0.3, 0.4) is 0 Å². The largest absolute Gasteiger partial charge is 0.384 e. The second-order valence-electron chi connectivity index (χ2n) is 4.58. The summed E-state index contributed by atoms with van der Waals surface area (Å²) in [6.45, 7) is 4.45. The van der Waals surface area contributed by atoms with E-state index in [0.717, 1.165) is 45.6 Å². The van der Waals surface area contributed by atoms with Crippen molar-refractivity contribution in [2.45, 2.75) is 12.8 Å². The number of hydrogen-bond acceptors (Lipinski definition) is 3. The normalized spacial score (nSPS) is 31.1. The summed E-state index contributed by atoms with van der Waals surface area (Å²) in [7, 11) is 1.73. The number of nitrogens with zero attached hydrogens (tertiary/aromatic N) is 1. The minimum atomic E-state index is 0.228. The molecule has 15 heavy (non-hydrogen) atoms. The quantitative estimate of drug-likeness (QED) is 0.721. The van der Waals surface area contributed by atoms with Gasteiger partial charge in [0.05, 0.1) is 12.5 Å². The molecule has 0 bridgehead atoms. The van der Waals surface area contributed by atoms with Crippen molar-refractivity contribution in [3.8, 4) is 0 Å². The van der Waals surface area contributed by atoms with Crippen LogP contribution in [0.25, 0.3) is 0 Å². The van der Waals surface area contributed by atoms with Crippen molar-refractivity contribution in [1.82, 2.24) is 10.2 Å². The van der Waals surface area contributed by atoms with Crippen LogP contribution in [0.2, 0.25) is 0 Å². The van der Waals surface area contributed by atoms with Crippen LogP contribution in [-0.4, -0.2) is 50.7 Å². The topological polar surface area (TPSA) is 41.6 Å². The number of likely N-dealkylation sites (tertiary alicyclic amines) is 1. The molecule has 0 spiro atoms. The Balaban J connectivity index is 1.81. The maximum Gasteiger partial charge on any atom is 0.227 e. The number of rotatable bonds is 3. The average molecular weight is 212 g/mol. The number of amides is 1. The van der Waals surface area contributed by atoms with Crippen molar-refractivity contribution in [2.75, 3.05) is 39.9 Å². The number of methoxy groups -OCH3 is 1. The van der Waals surface area contributed by atoms with E-state index in [1.807, 2.05) is 4.90 Å². The predicted octanol–water partition coefficient (Wildman–Crippen LogP) is 0.0908. The first kappa shape index (κ1) is 10.9. The SMILES string of the molecule is COC[C@@H]1CCN(C(=O)[C@@H]2CCNC2)C1. The monoisotopic (exact) mass is 212 g/mol. The molecule has 1 amide bonds. The van der Waals surface area contributed by atoms with E-state index in [2.05, 4.69) is 5.32 Å². The second kappa shape index (κ2) is 4.94. The summed E-state index contributed by atoms with van der Waals surface area (Å²) >= 11 is 0. The van der Waals surface area contributed by atoms with Crippen LogP contribution < -0.4 is 5.32 Å². The van der Waals surface area contributed by atoms with E-state index >= 15 is 0 Å². The molecule has 0 aromatic carbocycles. The van der Waals surface area contributed by atoms with Gasteiger partial charge in [-0.2, -0.15) is 0 Å². The molecule has 86 valence electrons. The third-order valence-electron chi connectivity index (χ3n) is 3.41. The smallest absolute Gasteiger partial charge is 0.227 e. The van der Waals surface area contributed by atoms with Crippen LogP contribution in [0.4, 0.5) is 0 Å². The molecule has 4 heteroatoms. The van der Waals surface area contributed by atoms with E-state index in [0.29, 0.717) is 11.8 Å². The molecular formula is C11H20N2O2. The molecule has 2 aliphatic rings. The van der Waals surface area contributed by atoms with Crippen LogP contribution in [0.15, 0.2) is 0 Å². The fourth-order valence-corrected chi connectivity index (χ4v) is 2.53. The highest BCUT2D eigenvalue weighted by Crippen LogP contribution is 2.20. The number of hydrogen-bond donors (Lipinski definition) is 1. The molecule has 2 aliphatic heterocycles. The summed E-state index contributed by atoms with van der Waals surface area (Å²) in [5, 5.41) is 3.24. The van der Waals surface area contributed by atoms with E-state index in [4.69, 9.17) is 4.74 Å². The number of carbonyl (C=O) groups is 1. The average Bonchev–Trinajstić information content (AvgIpc) is 2.87. The lowest BCUT2D eigenvalue weighted by molar-refractivity contribution is -0.134. The van der Waals surface area contributed by atoms with Gasteiger partial charge in [-0.25, -0.2) is 0 Å². The van der Waals surface area contributed by atoms with E-state index in [1.165, 1.54) is 0 Å². The van der Waals surface area contributed by atoms with Crippen LogP contribution in [0.1, 0.15) is 12.8 Å². The Morgan fingerprint density at radius 1 is 1.53 bits per heavy atom. The van der Waals surface area contributed by atoms with Crippen LogP contribution >= 0.6 is 0 Å². The van der Waals surface area contributed by atoms with E-state index < -0.39 is 0 Å².